The molecule has 0 radical (unpaired) electrons. The molecule has 120 valence electrons. The molecule has 1 aliphatic rings. The highest BCUT2D eigenvalue weighted by molar-refractivity contribution is 5.93. The van der Waals surface area contributed by atoms with Crippen molar-refractivity contribution in [2.75, 3.05) is 37.0 Å². The van der Waals surface area contributed by atoms with Gasteiger partial charge in [0.05, 0.1) is 0 Å². The third-order valence-corrected chi connectivity index (χ3v) is 3.93. The number of rotatable bonds is 3. The number of carbonyl (C=O) groups is 1. The summed E-state index contributed by atoms with van der Waals surface area (Å²) in [6.45, 7) is 1.52. The van der Waals surface area contributed by atoms with Gasteiger partial charge in [-0.15, -0.1) is 0 Å². The Bertz CT molecular complexity index is 718. The molecule has 7 nitrogen and oxygen atoms in total. The number of nitrogens with zero attached hydrogens (tertiary/aromatic N) is 5. The standard InChI is InChI=1S/C16H19N5O2/c1-20(2)14-12(15(22)23)10-11-4-8-21(9-5-13(11)19-14)16-17-6-3-7-18-16/h3,6-7,10H,4-5,8-9H2,1-2H3,(H,22,23). The van der Waals surface area contributed by atoms with Crippen molar-refractivity contribution in [2.24, 2.45) is 0 Å². The number of carboxylic acids is 1. The van der Waals surface area contributed by atoms with Gasteiger partial charge in [-0.05, 0) is 24.1 Å². The van der Waals surface area contributed by atoms with Gasteiger partial charge >= 0.3 is 5.97 Å². The molecule has 0 amide bonds. The molecular formula is C16H19N5O2. The van der Waals surface area contributed by atoms with Crippen LogP contribution in [0.1, 0.15) is 21.6 Å². The zero-order valence-corrected chi connectivity index (χ0v) is 13.2. The Hall–Kier alpha value is -2.70. The van der Waals surface area contributed by atoms with Crippen LogP contribution in [0.2, 0.25) is 0 Å². The molecule has 23 heavy (non-hydrogen) atoms. The van der Waals surface area contributed by atoms with Crippen LogP contribution >= 0.6 is 0 Å². The van der Waals surface area contributed by atoms with Crippen LogP contribution in [0.3, 0.4) is 0 Å². The van der Waals surface area contributed by atoms with Crippen molar-refractivity contribution in [1.29, 1.82) is 0 Å². The average molecular weight is 313 g/mol. The zero-order valence-electron chi connectivity index (χ0n) is 13.2. The molecule has 1 aliphatic heterocycles. The molecule has 2 aromatic rings. The topological polar surface area (TPSA) is 82.5 Å². The Morgan fingerprint density at radius 2 is 1.91 bits per heavy atom. The van der Waals surface area contributed by atoms with Gasteiger partial charge < -0.3 is 14.9 Å². The molecule has 3 heterocycles. The van der Waals surface area contributed by atoms with E-state index in [1.807, 2.05) is 14.1 Å². The lowest BCUT2D eigenvalue weighted by molar-refractivity contribution is 0.0697. The molecule has 2 aromatic heterocycles. The first-order valence-electron chi connectivity index (χ1n) is 7.51. The number of hydrogen-bond donors (Lipinski definition) is 1. The van der Waals surface area contributed by atoms with E-state index in [2.05, 4.69) is 19.9 Å². The first-order chi connectivity index (χ1) is 11.1. The fourth-order valence-electron chi connectivity index (χ4n) is 2.78. The maximum atomic E-state index is 11.5. The van der Waals surface area contributed by atoms with Gasteiger partial charge in [0.2, 0.25) is 5.95 Å². The van der Waals surface area contributed by atoms with E-state index in [9.17, 15) is 9.90 Å². The third kappa shape index (κ3) is 3.08. The number of hydrogen-bond acceptors (Lipinski definition) is 6. The summed E-state index contributed by atoms with van der Waals surface area (Å²) in [6.07, 6.45) is 4.93. The van der Waals surface area contributed by atoms with Crippen LogP contribution in [-0.2, 0) is 12.8 Å². The molecule has 0 fully saturated rings. The van der Waals surface area contributed by atoms with Crippen LogP contribution in [0.25, 0.3) is 0 Å². The van der Waals surface area contributed by atoms with E-state index < -0.39 is 5.97 Å². The molecule has 0 bridgehead atoms. The number of aromatic nitrogens is 3. The molecule has 0 saturated carbocycles. The Morgan fingerprint density at radius 1 is 1.22 bits per heavy atom. The average Bonchev–Trinajstić information content (AvgIpc) is 2.76. The van der Waals surface area contributed by atoms with E-state index >= 15 is 0 Å². The predicted octanol–water partition coefficient (Wildman–Crippen LogP) is 1.24. The van der Waals surface area contributed by atoms with E-state index in [0.29, 0.717) is 11.8 Å². The number of aromatic carboxylic acids is 1. The minimum atomic E-state index is -0.948. The molecule has 0 atom stereocenters. The molecular weight excluding hydrogens is 294 g/mol. The van der Waals surface area contributed by atoms with Gasteiger partial charge in [-0.1, -0.05) is 0 Å². The van der Waals surface area contributed by atoms with Gasteiger partial charge in [-0.3, -0.25) is 0 Å². The lowest BCUT2D eigenvalue weighted by Gasteiger charge is -2.19. The lowest BCUT2D eigenvalue weighted by Crippen LogP contribution is -2.27. The molecule has 0 saturated heterocycles. The van der Waals surface area contributed by atoms with Gasteiger partial charge in [0.25, 0.3) is 0 Å². The Labute approximate surface area is 134 Å². The SMILES string of the molecule is CN(C)c1nc2c(cc1C(=O)O)CCN(c1ncccn1)CC2. The number of pyridine rings is 1. The second-order valence-corrected chi connectivity index (χ2v) is 5.70. The maximum Gasteiger partial charge on any atom is 0.339 e. The van der Waals surface area contributed by atoms with Crippen molar-refractivity contribution >= 4 is 17.7 Å². The minimum absolute atomic E-state index is 0.248. The van der Waals surface area contributed by atoms with Crippen LogP contribution in [0.15, 0.2) is 24.5 Å². The minimum Gasteiger partial charge on any atom is -0.478 e. The summed E-state index contributed by atoms with van der Waals surface area (Å²) in [7, 11) is 3.62. The summed E-state index contributed by atoms with van der Waals surface area (Å²) in [5.41, 5.74) is 2.20. The van der Waals surface area contributed by atoms with Crippen molar-refractivity contribution < 1.29 is 9.90 Å². The Kier molecular flexibility index (Phi) is 4.10. The smallest absolute Gasteiger partial charge is 0.339 e. The van der Waals surface area contributed by atoms with Gasteiger partial charge in [0.15, 0.2) is 0 Å². The number of anilines is 2. The van der Waals surface area contributed by atoms with Gasteiger partial charge in [0, 0.05) is 51.7 Å². The van der Waals surface area contributed by atoms with Crippen LogP contribution in [-0.4, -0.2) is 53.2 Å². The van der Waals surface area contributed by atoms with Crippen molar-refractivity contribution in [3.63, 3.8) is 0 Å². The van der Waals surface area contributed by atoms with E-state index in [4.69, 9.17) is 0 Å². The molecule has 0 aliphatic carbocycles. The molecule has 0 unspecified atom stereocenters. The Balaban J connectivity index is 1.92. The normalized spacial score (nSPS) is 14.1. The monoisotopic (exact) mass is 313 g/mol. The van der Waals surface area contributed by atoms with E-state index in [1.165, 1.54) is 0 Å². The molecule has 3 rings (SSSR count). The fourth-order valence-corrected chi connectivity index (χ4v) is 2.78. The van der Waals surface area contributed by atoms with Crippen molar-refractivity contribution in [2.45, 2.75) is 12.8 Å². The van der Waals surface area contributed by atoms with Crippen LogP contribution in [0, 0.1) is 0 Å². The van der Waals surface area contributed by atoms with Crippen molar-refractivity contribution in [3.05, 3.63) is 41.3 Å². The van der Waals surface area contributed by atoms with Crippen LogP contribution in [0.5, 0.6) is 0 Å². The van der Waals surface area contributed by atoms with Gasteiger partial charge in [-0.25, -0.2) is 19.7 Å². The number of carboxylic acid groups (broad SMARTS) is 1. The maximum absolute atomic E-state index is 11.5. The molecule has 0 spiro atoms. The molecule has 7 heteroatoms. The molecule has 1 N–H and O–H groups in total. The van der Waals surface area contributed by atoms with Crippen molar-refractivity contribution in [3.8, 4) is 0 Å². The van der Waals surface area contributed by atoms with Gasteiger partial charge in [-0.2, -0.15) is 0 Å². The summed E-state index contributed by atoms with van der Waals surface area (Å²) in [5.74, 6) is 0.253. The van der Waals surface area contributed by atoms with Gasteiger partial charge in [0.1, 0.15) is 11.4 Å². The summed E-state index contributed by atoms with van der Waals surface area (Å²) in [6, 6.07) is 3.55. The summed E-state index contributed by atoms with van der Waals surface area (Å²) < 4.78 is 0. The lowest BCUT2D eigenvalue weighted by atomic mass is 10.1. The zero-order chi connectivity index (χ0) is 16.4. The second-order valence-electron chi connectivity index (χ2n) is 5.70. The third-order valence-electron chi connectivity index (χ3n) is 3.93. The van der Waals surface area contributed by atoms with Crippen LogP contribution in [0.4, 0.5) is 11.8 Å². The fraction of sp³-hybridized carbons (Fsp3) is 0.375. The van der Waals surface area contributed by atoms with Crippen molar-refractivity contribution in [1.82, 2.24) is 15.0 Å². The predicted molar refractivity (Wildman–Crippen MR) is 87.2 cm³/mol. The summed E-state index contributed by atoms with van der Waals surface area (Å²) in [4.78, 5) is 28.5. The summed E-state index contributed by atoms with van der Waals surface area (Å²) >= 11 is 0. The Morgan fingerprint density at radius 3 is 2.57 bits per heavy atom. The highest BCUT2D eigenvalue weighted by Crippen LogP contribution is 2.24. The first kappa shape index (κ1) is 15.2. The number of fused-ring (bicyclic) bond motifs is 1. The van der Waals surface area contributed by atoms with E-state index in [1.54, 1.807) is 29.4 Å². The summed E-state index contributed by atoms with van der Waals surface area (Å²) in [5, 5.41) is 9.42. The highest BCUT2D eigenvalue weighted by Gasteiger charge is 2.22. The van der Waals surface area contributed by atoms with E-state index in [-0.39, 0.29) is 5.56 Å². The second kappa shape index (κ2) is 6.20. The largest absolute Gasteiger partial charge is 0.478 e. The highest BCUT2D eigenvalue weighted by atomic mass is 16.4. The van der Waals surface area contributed by atoms with E-state index in [0.717, 1.165) is 37.2 Å². The van der Waals surface area contributed by atoms with Crippen LogP contribution < -0.4 is 9.80 Å². The first-order valence-corrected chi connectivity index (χ1v) is 7.51. The quantitative estimate of drug-likeness (QED) is 0.913. The molecule has 0 aromatic carbocycles.